The fourth-order valence-corrected chi connectivity index (χ4v) is 2.56. The van der Waals surface area contributed by atoms with E-state index in [1.165, 1.54) is 20.3 Å². The molecule has 1 N–H and O–H groups in total. The number of aliphatic hydroxyl groups excluding tert-OH is 1. The van der Waals surface area contributed by atoms with E-state index >= 15 is 0 Å². The molecule has 0 aromatic heterocycles. The molecule has 25 heavy (non-hydrogen) atoms. The largest absolute Gasteiger partial charge is 0.483 e. The first-order chi connectivity index (χ1) is 11.8. The molecule has 1 aliphatic heterocycles. The summed E-state index contributed by atoms with van der Waals surface area (Å²) in [6, 6.07) is 1.87. The molecule has 0 spiro atoms. The molecule has 0 saturated heterocycles. The van der Waals surface area contributed by atoms with Gasteiger partial charge >= 0.3 is 5.69 Å². The molecule has 1 heterocycles. The van der Waals surface area contributed by atoms with Gasteiger partial charge in [0.25, 0.3) is 0 Å². The summed E-state index contributed by atoms with van der Waals surface area (Å²) in [6.45, 7) is 3.88. The van der Waals surface area contributed by atoms with Crippen LogP contribution in [0.15, 0.2) is 28.2 Å². The number of aliphatic hydroxyl groups is 1. The number of halogens is 1. The van der Waals surface area contributed by atoms with Crippen LogP contribution in [0.2, 0.25) is 0 Å². The number of hydrogen-bond acceptors (Lipinski definition) is 7. The van der Waals surface area contributed by atoms with Crippen LogP contribution in [0.5, 0.6) is 0 Å². The van der Waals surface area contributed by atoms with Crippen LogP contribution < -0.4 is 0 Å². The molecule has 9 heteroatoms. The van der Waals surface area contributed by atoms with Crippen molar-refractivity contribution in [2.24, 2.45) is 15.9 Å². The van der Waals surface area contributed by atoms with E-state index in [1.54, 1.807) is 0 Å². The Bertz CT molecular complexity index is 720. The van der Waals surface area contributed by atoms with Gasteiger partial charge in [-0.15, -0.1) is 0 Å². The number of nitro benzene ring substituents is 1. The first-order valence-corrected chi connectivity index (χ1v) is 7.65. The minimum absolute atomic E-state index is 0.0915. The first kappa shape index (κ1) is 18.8. The van der Waals surface area contributed by atoms with Crippen molar-refractivity contribution in [1.29, 1.82) is 0 Å². The van der Waals surface area contributed by atoms with Gasteiger partial charge in [0, 0.05) is 6.07 Å². The zero-order chi connectivity index (χ0) is 18.7. The van der Waals surface area contributed by atoms with Crippen LogP contribution in [0.3, 0.4) is 0 Å². The highest BCUT2D eigenvalue weighted by Crippen LogP contribution is 2.29. The maximum absolute atomic E-state index is 13.5. The van der Waals surface area contributed by atoms with Crippen LogP contribution in [0.4, 0.5) is 10.1 Å². The molecule has 3 atom stereocenters. The van der Waals surface area contributed by atoms with E-state index in [1.807, 2.05) is 13.8 Å². The Labute approximate surface area is 144 Å². The third kappa shape index (κ3) is 3.76. The molecular formula is C16H20FN3O5. The lowest BCUT2D eigenvalue weighted by Crippen LogP contribution is -2.40. The van der Waals surface area contributed by atoms with Crippen LogP contribution in [-0.2, 0) is 9.47 Å². The second-order valence-corrected chi connectivity index (χ2v) is 5.89. The normalized spacial score (nSPS) is 21.4. The standard InChI is InChI=1S/C16H20FN3O5/c1-8(2)12-15(24-3)19-13(16(18-12)25-4)14(21)9-5-6-10(17)11(7-9)20(22)23/h5-8,12-14,21H,1-4H3/t12-,13?,14+/m1/s1. The fourth-order valence-electron chi connectivity index (χ4n) is 2.56. The molecule has 0 fully saturated rings. The Morgan fingerprint density at radius 3 is 2.28 bits per heavy atom. The van der Waals surface area contributed by atoms with Gasteiger partial charge in [-0.3, -0.25) is 10.1 Å². The zero-order valence-corrected chi connectivity index (χ0v) is 14.3. The summed E-state index contributed by atoms with van der Waals surface area (Å²) in [5.41, 5.74) is -0.593. The van der Waals surface area contributed by atoms with Gasteiger partial charge in [0.2, 0.25) is 17.6 Å². The number of ether oxygens (including phenoxy) is 2. The van der Waals surface area contributed by atoms with Crippen molar-refractivity contribution in [3.05, 3.63) is 39.7 Å². The number of nitrogens with zero attached hydrogens (tertiary/aromatic N) is 3. The van der Waals surface area contributed by atoms with Crippen molar-refractivity contribution in [1.82, 2.24) is 0 Å². The Morgan fingerprint density at radius 2 is 1.76 bits per heavy atom. The van der Waals surface area contributed by atoms with E-state index in [0.29, 0.717) is 5.90 Å². The summed E-state index contributed by atoms with van der Waals surface area (Å²) in [5.74, 6) is -0.379. The number of hydrogen-bond donors (Lipinski definition) is 1. The molecule has 0 aliphatic carbocycles. The number of nitro groups is 1. The van der Waals surface area contributed by atoms with Gasteiger partial charge in [-0.25, -0.2) is 9.98 Å². The molecule has 8 nitrogen and oxygen atoms in total. The van der Waals surface area contributed by atoms with Crippen LogP contribution in [-0.4, -0.2) is 48.1 Å². The summed E-state index contributed by atoms with van der Waals surface area (Å²) in [5, 5.41) is 21.5. The third-order valence-corrected chi connectivity index (χ3v) is 3.90. The minimum Gasteiger partial charge on any atom is -0.483 e. The zero-order valence-electron chi connectivity index (χ0n) is 14.3. The van der Waals surface area contributed by atoms with Gasteiger partial charge in [0.15, 0.2) is 6.04 Å². The van der Waals surface area contributed by atoms with Crippen LogP contribution in [0.25, 0.3) is 0 Å². The number of rotatable bonds is 4. The number of methoxy groups -OCH3 is 2. The van der Waals surface area contributed by atoms with Crippen LogP contribution >= 0.6 is 0 Å². The SMILES string of the molecule is COC1=N[C@H](C(C)C)C(OC)=NC1[C@@H](O)c1ccc(F)c([N+](=O)[O-])c1. The summed E-state index contributed by atoms with van der Waals surface area (Å²) in [6.07, 6.45) is -1.31. The molecule has 0 amide bonds. The lowest BCUT2D eigenvalue weighted by molar-refractivity contribution is -0.387. The van der Waals surface area contributed by atoms with Crippen LogP contribution in [0.1, 0.15) is 25.5 Å². The van der Waals surface area contributed by atoms with E-state index in [4.69, 9.17) is 9.47 Å². The average molecular weight is 353 g/mol. The maximum atomic E-state index is 13.5. The van der Waals surface area contributed by atoms with E-state index in [2.05, 4.69) is 9.98 Å². The molecule has 1 aromatic carbocycles. The molecule has 136 valence electrons. The van der Waals surface area contributed by atoms with Gasteiger partial charge in [0.05, 0.1) is 19.1 Å². The first-order valence-electron chi connectivity index (χ1n) is 7.65. The van der Waals surface area contributed by atoms with Gasteiger partial charge in [-0.1, -0.05) is 19.9 Å². The van der Waals surface area contributed by atoms with E-state index in [-0.39, 0.29) is 23.4 Å². The third-order valence-electron chi connectivity index (χ3n) is 3.90. The maximum Gasteiger partial charge on any atom is 0.305 e. The Balaban J connectivity index is 2.42. The summed E-state index contributed by atoms with van der Waals surface area (Å²) in [4.78, 5) is 18.8. The Kier molecular flexibility index (Phi) is 5.68. The molecule has 1 aromatic rings. The Hall–Kier alpha value is -2.55. The van der Waals surface area contributed by atoms with Crippen molar-refractivity contribution in [2.45, 2.75) is 32.0 Å². The molecule has 0 radical (unpaired) electrons. The van der Waals surface area contributed by atoms with Crippen molar-refractivity contribution < 1.29 is 23.9 Å². The summed E-state index contributed by atoms with van der Waals surface area (Å²) in [7, 11) is 2.85. The molecule has 0 saturated carbocycles. The molecular weight excluding hydrogens is 333 g/mol. The van der Waals surface area contributed by atoms with E-state index in [0.717, 1.165) is 12.1 Å². The van der Waals surface area contributed by atoms with Gasteiger partial charge < -0.3 is 14.6 Å². The van der Waals surface area contributed by atoms with Crippen molar-refractivity contribution in [3.8, 4) is 0 Å². The second kappa shape index (κ2) is 7.56. The van der Waals surface area contributed by atoms with Crippen molar-refractivity contribution in [3.63, 3.8) is 0 Å². The topological polar surface area (TPSA) is 107 Å². The molecule has 0 bridgehead atoms. The van der Waals surface area contributed by atoms with E-state index < -0.39 is 28.6 Å². The summed E-state index contributed by atoms with van der Waals surface area (Å²) < 4.78 is 24.0. The number of aliphatic imine (C=N–C) groups is 2. The average Bonchev–Trinajstić information content (AvgIpc) is 2.59. The highest BCUT2D eigenvalue weighted by molar-refractivity contribution is 5.94. The quantitative estimate of drug-likeness (QED) is 0.660. The minimum atomic E-state index is -1.31. The molecule has 1 unspecified atom stereocenters. The monoisotopic (exact) mass is 353 g/mol. The van der Waals surface area contributed by atoms with Gasteiger partial charge in [0.1, 0.15) is 12.1 Å². The fraction of sp³-hybridized carbons (Fsp3) is 0.500. The van der Waals surface area contributed by atoms with Crippen LogP contribution in [0, 0.1) is 21.8 Å². The summed E-state index contributed by atoms with van der Waals surface area (Å²) >= 11 is 0. The van der Waals surface area contributed by atoms with Gasteiger partial charge in [-0.2, -0.15) is 4.39 Å². The highest BCUT2D eigenvalue weighted by atomic mass is 19.1. The lowest BCUT2D eigenvalue weighted by atomic mass is 9.98. The Morgan fingerprint density at radius 1 is 1.20 bits per heavy atom. The smallest absolute Gasteiger partial charge is 0.305 e. The lowest BCUT2D eigenvalue weighted by Gasteiger charge is -2.29. The molecule has 1 aliphatic rings. The predicted octanol–water partition coefficient (Wildman–Crippen LogP) is 2.26. The highest BCUT2D eigenvalue weighted by Gasteiger charge is 2.36. The van der Waals surface area contributed by atoms with E-state index in [9.17, 15) is 19.6 Å². The molecule has 2 rings (SSSR count). The predicted molar refractivity (Wildman–Crippen MR) is 89.3 cm³/mol. The second-order valence-electron chi connectivity index (χ2n) is 5.89. The van der Waals surface area contributed by atoms with Crippen molar-refractivity contribution in [2.75, 3.05) is 14.2 Å². The van der Waals surface area contributed by atoms with Crippen molar-refractivity contribution >= 4 is 17.5 Å². The van der Waals surface area contributed by atoms with Gasteiger partial charge in [-0.05, 0) is 17.5 Å². The number of benzene rings is 1.